The fraction of sp³-hybridized carbons (Fsp3) is 0.667. The molecule has 0 radical (unpaired) electrons. The second-order valence-electron chi connectivity index (χ2n) is 7.38. The third-order valence-corrected chi connectivity index (χ3v) is 5.92. The summed E-state index contributed by atoms with van der Waals surface area (Å²) in [6.45, 7) is 7.19. The number of rotatable bonds is 5. The third kappa shape index (κ3) is 3.91. The molecule has 0 aromatic carbocycles. The zero-order chi connectivity index (χ0) is 18.1. The average Bonchev–Trinajstić information content (AvgIpc) is 3.13. The molecular weight excluding hydrogens is 338 g/mol. The molecule has 0 saturated carbocycles. The highest BCUT2D eigenvalue weighted by molar-refractivity contribution is 6.30. The van der Waals surface area contributed by atoms with E-state index in [4.69, 9.17) is 16.1 Å². The molecule has 1 saturated heterocycles. The van der Waals surface area contributed by atoms with Crippen molar-refractivity contribution in [3.05, 3.63) is 22.5 Å². The molecule has 1 aliphatic heterocycles. The molecule has 0 spiro atoms. The predicted octanol–water partition coefficient (Wildman–Crippen LogP) is 3.20. The van der Waals surface area contributed by atoms with Gasteiger partial charge in [-0.05, 0) is 59.8 Å². The van der Waals surface area contributed by atoms with Gasteiger partial charge in [-0.1, -0.05) is 16.8 Å². The SMILES string of the molecule is Cc1cc(-c2nn(C)c(Cl)c2CN2CCC([C@H](C)N(C)C)CC2)no1. The first kappa shape index (κ1) is 18.4. The number of likely N-dealkylation sites (tertiary alicyclic amines) is 1. The van der Waals surface area contributed by atoms with Crippen molar-refractivity contribution in [3.63, 3.8) is 0 Å². The zero-order valence-corrected chi connectivity index (χ0v) is 16.5. The fourth-order valence-corrected chi connectivity index (χ4v) is 3.80. The molecule has 0 unspecified atom stereocenters. The number of halogens is 1. The van der Waals surface area contributed by atoms with Crippen LogP contribution in [0.5, 0.6) is 0 Å². The maximum absolute atomic E-state index is 6.52. The van der Waals surface area contributed by atoms with Gasteiger partial charge in [0, 0.05) is 31.3 Å². The number of aryl methyl sites for hydroxylation is 2. The summed E-state index contributed by atoms with van der Waals surface area (Å²) in [7, 11) is 6.20. The van der Waals surface area contributed by atoms with Crippen LogP contribution in [-0.2, 0) is 13.6 Å². The van der Waals surface area contributed by atoms with Crippen molar-refractivity contribution in [3.8, 4) is 11.4 Å². The summed E-state index contributed by atoms with van der Waals surface area (Å²) >= 11 is 6.52. The van der Waals surface area contributed by atoms with Crippen LogP contribution < -0.4 is 0 Å². The highest BCUT2D eigenvalue weighted by atomic mass is 35.5. The second-order valence-corrected chi connectivity index (χ2v) is 7.74. The zero-order valence-electron chi connectivity index (χ0n) is 15.8. The lowest BCUT2D eigenvalue weighted by Gasteiger charge is -2.37. The van der Waals surface area contributed by atoms with Crippen molar-refractivity contribution in [2.24, 2.45) is 13.0 Å². The fourth-order valence-electron chi connectivity index (χ4n) is 3.61. The van der Waals surface area contributed by atoms with Crippen molar-refractivity contribution >= 4 is 11.6 Å². The van der Waals surface area contributed by atoms with E-state index in [0.717, 1.165) is 48.3 Å². The number of nitrogens with zero attached hydrogens (tertiary/aromatic N) is 5. The normalized spacial score (nSPS) is 18.2. The van der Waals surface area contributed by atoms with Gasteiger partial charge in [0.1, 0.15) is 22.3 Å². The van der Waals surface area contributed by atoms with Crippen LogP contribution in [-0.4, -0.2) is 58.0 Å². The highest BCUT2D eigenvalue weighted by Crippen LogP contribution is 2.31. The van der Waals surface area contributed by atoms with Crippen LogP contribution in [0.1, 0.15) is 31.1 Å². The molecule has 3 rings (SSSR count). The minimum absolute atomic E-state index is 0.623. The Morgan fingerprint density at radius 2 is 2.04 bits per heavy atom. The van der Waals surface area contributed by atoms with E-state index in [1.807, 2.05) is 20.0 Å². The summed E-state index contributed by atoms with van der Waals surface area (Å²) < 4.78 is 6.93. The lowest BCUT2D eigenvalue weighted by atomic mass is 9.89. The Morgan fingerprint density at radius 1 is 1.36 bits per heavy atom. The van der Waals surface area contributed by atoms with Crippen molar-refractivity contribution in [2.45, 2.75) is 39.3 Å². The van der Waals surface area contributed by atoms with Gasteiger partial charge >= 0.3 is 0 Å². The predicted molar refractivity (Wildman–Crippen MR) is 99.6 cm³/mol. The molecule has 1 atom stereocenters. The lowest BCUT2D eigenvalue weighted by molar-refractivity contribution is 0.121. The highest BCUT2D eigenvalue weighted by Gasteiger charge is 2.27. The number of aromatic nitrogens is 3. The van der Waals surface area contributed by atoms with Crippen LogP contribution in [0, 0.1) is 12.8 Å². The van der Waals surface area contributed by atoms with Gasteiger partial charge in [0.25, 0.3) is 0 Å². The monoisotopic (exact) mass is 365 g/mol. The van der Waals surface area contributed by atoms with Gasteiger partial charge in [-0.15, -0.1) is 0 Å². The third-order valence-electron chi connectivity index (χ3n) is 5.45. The first-order valence-electron chi connectivity index (χ1n) is 8.90. The number of hydrogen-bond donors (Lipinski definition) is 0. The molecule has 0 amide bonds. The summed E-state index contributed by atoms with van der Waals surface area (Å²) in [5.41, 5.74) is 2.62. The molecule has 25 heavy (non-hydrogen) atoms. The summed E-state index contributed by atoms with van der Waals surface area (Å²) in [6.07, 6.45) is 2.44. The van der Waals surface area contributed by atoms with E-state index in [2.05, 4.69) is 41.1 Å². The average molecular weight is 366 g/mol. The Morgan fingerprint density at radius 3 is 2.60 bits per heavy atom. The van der Waals surface area contributed by atoms with Crippen molar-refractivity contribution in [1.82, 2.24) is 24.7 Å². The Kier molecular flexibility index (Phi) is 5.51. The molecule has 1 fully saturated rings. The van der Waals surface area contributed by atoms with E-state index in [1.165, 1.54) is 12.8 Å². The van der Waals surface area contributed by atoms with Gasteiger partial charge in [0.2, 0.25) is 0 Å². The molecular formula is C18H28ClN5O. The van der Waals surface area contributed by atoms with E-state index >= 15 is 0 Å². The Balaban J connectivity index is 1.72. The molecule has 6 nitrogen and oxygen atoms in total. The maximum atomic E-state index is 6.52. The summed E-state index contributed by atoms with van der Waals surface area (Å²) in [5, 5.41) is 9.35. The topological polar surface area (TPSA) is 50.3 Å². The Bertz CT molecular complexity index is 715. The van der Waals surface area contributed by atoms with Gasteiger partial charge in [0.15, 0.2) is 0 Å². The number of piperidine rings is 1. The summed E-state index contributed by atoms with van der Waals surface area (Å²) in [6, 6.07) is 2.53. The van der Waals surface area contributed by atoms with Crippen LogP contribution in [0.15, 0.2) is 10.6 Å². The molecule has 0 bridgehead atoms. The lowest BCUT2D eigenvalue weighted by Crippen LogP contribution is -2.41. The molecule has 1 aliphatic rings. The van der Waals surface area contributed by atoms with E-state index in [1.54, 1.807) is 4.68 Å². The van der Waals surface area contributed by atoms with Gasteiger partial charge in [-0.3, -0.25) is 9.58 Å². The quantitative estimate of drug-likeness (QED) is 0.814. The first-order valence-corrected chi connectivity index (χ1v) is 9.28. The molecule has 0 aliphatic carbocycles. The Labute approximate surface area is 154 Å². The van der Waals surface area contributed by atoms with Gasteiger partial charge in [0.05, 0.1) is 0 Å². The van der Waals surface area contributed by atoms with Crippen molar-refractivity contribution in [2.75, 3.05) is 27.2 Å². The van der Waals surface area contributed by atoms with Gasteiger partial charge in [-0.25, -0.2) is 0 Å². The molecule has 0 N–H and O–H groups in total. The standard InChI is InChI=1S/C18H28ClN5O/c1-12-10-16(21-25-12)17-15(18(19)23(5)20-17)11-24-8-6-14(7-9-24)13(2)22(3)4/h10,13-14H,6-9,11H2,1-5H3/t13-/m0/s1. The minimum atomic E-state index is 0.623. The van der Waals surface area contributed by atoms with Crippen molar-refractivity contribution in [1.29, 1.82) is 0 Å². The first-order chi connectivity index (χ1) is 11.9. The maximum Gasteiger partial charge on any atom is 0.134 e. The molecule has 2 aromatic rings. The summed E-state index contributed by atoms with van der Waals surface area (Å²) in [5.74, 6) is 1.54. The largest absolute Gasteiger partial charge is 0.361 e. The minimum Gasteiger partial charge on any atom is -0.361 e. The molecule has 2 aromatic heterocycles. The molecule has 138 valence electrons. The van der Waals surface area contributed by atoms with Crippen LogP contribution >= 0.6 is 11.6 Å². The van der Waals surface area contributed by atoms with Crippen LogP contribution in [0.2, 0.25) is 5.15 Å². The van der Waals surface area contributed by atoms with Gasteiger partial charge in [-0.2, -0.15) is 5.10 Å². The molecule has 3 heterocycles. The van der Waals surface area contributed by atoms with Crippen molar-refractivity contribution < 1.29 is 4.52 Å². The smallest absolute Gasteiger partial charge is 0.134 e. The number of hydrogen-bond acceptors (Lipinski definition) is 5. The summed E-state index contributed by atoms with van der Waals surface area (Å²) in [4.78, 5) is 4.79. The van der Waals surface area contributed by atoms with Gasteiger partial charge < -0.3 is 9.42 Å². The van der Waals surface area contributed by atoms with E-state index < -0.39 is 0 Å². The van der Waals surface area contributed by atoms with Crippen LogP contribution in [0.3, 0.4) is 0 Å². The van der Waals surface area contributed by atoms with E-state index in [0.29, 0.717) is 11.2 Å². The van der Waals surface area contributed by atoms with Crippen LogP contribution in [0.25, 0.3) is 11.4 Å². The van der Waals surface area contributed by atoms with Crippen LogP contribution in [0.4, 0.5) is 0 Å². The second kappa shape index (κ2) is 7.48. The van der Waals surface area contributed by atoms with E-state index in [9.17, 15) is 0 Å². The van der Waals surface area contributed by atoms with E-state index in [-0.39, 0.29) is 0 Å². The Hall–Kier alpha value is -1.37. The molecule has 7 heteroatoms.